The first-order valence-corrected chi connectivity index (χ1v) is 5.82. The van der Waals surface area contributed by atoms with Crippen LogP contribution in [0.25, 0.3) is 0 Å². The molecule has 2 atom stereocenters. The lowest BCUT2D eigenvalue weighted by Gasteiger charge is -2.16. The Morgan fingerprint density at radius 3 is 2.78 bits per heavy atom. The van der Waals surface area contributed by atoms with Crippen molar-refractivity contribution in [3.05, 3.63) is 17.2 Å². The summed E-state index contributed by atoms with van der Waals surface area (Å²) < 4.78 is 5.56. The largest absolute Gasteiger partial charge is 0.507 e. The lowest BCUT2D eigenvalue weighted by atomic mass is 9.97. The highest BCUT2D eigenvalue weighted by Gasteiger charge is 2.32. The normalized spacial score (nSPS) is 19.2. The third-order valence-corrected chi connectivity index (χ3v) is 3.30. The van der Waals surface area contributed by atoms with E-state index >= 15 is 0 Å². The lowest BCUT2D eigenvalue weighted by Crippen LogP contribution is -2.25. The molecular weight excluding hydrogens is 236 g/mol. The molecule has 2 rings (SSSR count). The zero-order chi connectivity index (χ0) is 13.4. The Balaban J connectivity index is 2.42. The van der Waals surface area contributed by atoms with Crippen LogP contribution >= 0.6 is 0 Å². The van der Waals surface area contributed by atoms with E-state index in [2.05, 4.69) is 0 Å². The molecule has 0 saturated heterocycles. The minimum absolute atomic E-state index is 0.0229. The van der Waals surface area contributed by atoms with E-state index in [1.54, 1.807) is 0 Å². The van der Waals surface area contributed by atoms with Crippen LogP contribution in [0, 0.1) is 5.92 Å². The van der Waals surface area contributed by atoms with Crippen LogP contribution in [0.3, 0.4) is 0 Å². The number of hydrogen-bond acceptors (Lipinski definition) is 5. The Bertz CT molecular complexity index is 495. The first-order chi connectivity index (χ1) is 8.45. The summed E-state index contributed by atoms with van der Waals surface area (Å²) in [6.45, 7) is 3.09. The Morgan fingerprint density at radius 2 is 2.22 bits per heavy atom. The molecule has 0 spiro atoms. The second-order valence-corrected chi connectivity index (χ2v) is 4.67. The number of aliphatic hydroxyl groups excluding tert-OH is 1. The fourth-order valence-corrected chi connectivity index (χ4v) is 2.16. The van der Waals surface area contributed by atoms with Gasteiger partial charge in [-0.25, -0.2) is 0 Å². The topological polar surface area (TPSA) is 87.0 Å². The summed E-state index contributed by atoms with van der Waals surface area (Å²) in [6, 6.07) is 1.34. The predicted octanol–water partition coefficient (Wildman–Crippen LogP) is 1.23. The third kappa shape index (κ3) is 1.90. The van der Waals surface area contributed by atoms with Crippen LogP contribution in [-0.4, -0.2) is 33.8 Å². The van der Waals surface area contributed by atoms with Gasteiger partial charge in [0.2, 0.25) is 0 Å². The molecule has 5 heteroatoms. The SMILES string of the molecule is CC(=O)c1c(O)cc2c(c1O)CC(C(C)CO)O2. The van der Waals surface area contributed by atoms with Crippen LogP contribution < -0.4 is 4.74 Å². The fraction of sp³-hybridized carbons (Fsp3) is 0.462. The Morgan fingerprint density at radius 1 is 1.56 bits per heavy atom. The van der Waals surface area contributed by atoms with E-state index in [0.29, 0.717) is 17.7 Å². The second-order valence-electron chi connectivity index (χ2n) is 4.67. The number of aromatic hydroxyl groups is 2. The van der Waals surface area contributed by atoms with Crippen LogP contribution in [-0.2, 0) is 6.42 Å². The minimum atomic E-state index is -0.397. The third-order valence-electron chi connectivity index (χ3n) is 3.30. The number of ether oxygens (including phenoxy) is 1. The highest BCUT2D eigenvalue weighted by Crippen LogP contribution is 2.43. The number of rotatable bonds is 3. The lowest BCUT2D eigenvalue weighted by molar-refractivity contribution is 0.101. The molecule has 0 fully saturated rings. The van der Waals surface area contributed by atoms with Gasteiger partial charge in [-0.2, -0.15) is 0 Å². The number of hydrogen-bond donors (Lipinski definition) is 3. The number of ketones is 1. The van der Waals surface area contributed by atoms with Gasteiger partial charge in [-0.1, -0.05) is 6.92 Å². The monoisotopic (exact) mass is 252 g/mol. The van der Waals surface area contributed by atoms with Gasteiger partial charge in [-0.3, -0.25) is 4.79 Å². The van der Waals surface area contributed by atoms with Crippen molar-refractivity contribution in [2.75, 3.05) is 6.61 Å². The van der Waals surface area contributed by atoms with Crippen molar-refractivity contribution in [3.8, 4) is 17.2 Å². The number of phenolic OH excluding ortho intramolecular Hbond substituents is 2. The van der Waals surface area contributed by atoms with Gasteiger partial charge in [-0.15, -0.1) is 0 Å². The van der Waals surface area contributed by atoms with Gasteiger partial charge >= 0.3 is 0 Å². The average molecular weight is 252 g/mol. The van der Waals surface area contributed by atoms with Crippen LogP contribution in [0.4, 0.5) is 0 Å². The summed E-state index contributed by atoms with van der Waals surface area (Å²) in [5.74, 6) is -0.604. The van der Waals surface area contributed by atoms with Crippen molar-refractivity contribution >= 4 is 5.78 Å². The van der Waals surface area contributed by atoms with Crippen molar-refractivity contribution in [1.82, 2.24) is 0 Å². The maximum atomic E-state index is 11.4. The van der Waals surface area contributed by atoms with E-state index in [-0.39, 0.29) is 35.7 Å². The van der Waals surface area contributed by atoms with E-state index in [9.17, 15) is 15.0 Å². The van der Waals surface area contributed by atoms with E-state index in [1.807, 2.05) is 6.92 Å². The summed E-state index contributed by atoms with van der Waals surface area (Å²) in [5.41, 5.74) is 0.443. The number of aliphatic hydroxyl groups is 1. The molecule has 0 saturated carbocycles. The van der Waals surface area contributed by atoms with Crippen molar-refractivity contribution in [2.24, 2.45) is 5.92 Å². The van der Waals surface area contributed by atoms with E-state index in [0.717, 1.165) is 0 Å². The molecule has 0 radical (unpaired) electrons. The van der Waals surface area contributed by atoms with Crippen molar-refractivity contribution < 1.29 is 24.9 Å². The number of fused-ring (bicyclic) bond motifs is 1. The number of phenols is 2. The van der Waals surface area contributed by atoms with Crippen molar-refractivity contribution in [2.45, 2.75) is 26.4 Å². The summed E-state index contributed by atoms with van der Waals surface area (Å²) in [5, 5.41) is 28.8. The van der Waals surface area contributed by atoms with Gasteiger partial charge in [-0.05, 0) is 6.92 Å². The van der Waals surface area contributed by atoms with E-state index in [4.69, 9.17) is 9.84 Å². The van der Waals surface area contributed by atoms with E-state index in [1.165, 1.54) is 13.0 Å². The smallest absolute Gasteiger partial charge is 0.167 e. The summed E-state index contributed by atoms with van der Waals surface area (Å²) in [6.07, 6.45) is 0.168. The van der Waals surface area contributed by atoms with Crippen LogP contribution in [0.5, 0.6) is 17.2 Å². The summed E-state index contributed by atoms with van der Waals surface area (Å²) in [4.78, 5) is 11.4. The molecule has 2 unspecified atom stereocenters. The van der Waals surface area contributed by atoms with Crippen molar-refractivity contribution in [3.63, 3.8) is 0 Å². The van der Waals surface area contributed by atoms with Gasteiger partial charge in [0.1, 0.15) is 28.9 Å². The van der Waals surface area contributed by atoms with Crippen molar-refractivity contribution in [1.29, 1.82) is 0 Å². The quantitative estimate of drug-likeness (QED) is 0.704. The van der Waals surface area contributed by atoms with Crippen LogP contribution in [0.2, 0.25) is 0 Å². The zero-order valence-electron chi connectivity index (χ0n) is 10.3. The molecule has 18 heavy (non-hydrogen) atoms. The summed E-state index contributed by atoms with van der Waals surface area (Å²) >= 11 is 0. The average Bonchev–Trinajstić information content (AvgIpc) is 2.71. The van der Waals surface area contributed by atoms with Crippen LogP contribution in [0.15, 0.2) is 6.07 Å². The highest BCUT2D eigenvalue weighted by molar-refractivity contribution is 6.00. The molecule has 3 N–H and O–H groups in total. The first kappa shape index (κ1) is 12.7. The Labute approximate surface area is 105 Å². The van der Waals surface area contributed by atoms with Gasteiger partial charge < -0.3 is 20.1 Å². The molecule has 0 amide bonds. The molecule has 0 bridgehead atoms. The predicted molar refractivity (Wildman–Crippen MR) is 64.1 cm³/mol. The molecule has 1 aromatic carbocycles. The molecule has 98 valence electrons. The Hall–Kier alpha value is -1.75. The molecular formula is C13H16O5. The molecule has 0 aliphatic carbocycles. The molecule has 1 aliphatic rings. The zero-order valence-corrected chi connectivity index (χ0v) is 10.3. The van der Waals surface area contributed by atoms with Gasteiger partial charge in [0.25, 0.3) is 0 Å². The first-order valence-electron chi connectivity index (χ1n) is 5.82. The second kappa shape index (κ2) is 4.49. The summed E-state index contributed by atoms with van der Waals surface area (Å²) in [7, 11) is 0. The Kier molecular flexibility index (Phi) is 3.17. The minimum Gasteiger partial charge on any atom is -0.507 e. The van der Waals surface area contributed by atoms with Gasteiger partial charge in [0, 0.05) is 30.6 Å². The fourth-order valence-electron chi connectivity index (χ4n) is 2.16. The molecule has 1 aliphatic heterocycles. The standard InChI is InChI=1S/C13H16O5/c1-6(5-14)10-3-8-11(18-10)4-9(16)12(7(2)15)13(8)17/h4,6,10,14,16-17H,3,5H2,1-2H3. The number of carbonyl (C=O) groups excluding carboxylic acids is 1. The van der Waals surface area contributed by atoms with Gasteiger partial charge in [0.15, 0.2) is 5.78 Å². The van der Waals surface area contributed by atoms with E-state index < -0.39 is 5.78 Å². The molecule has 0 aromatic heterocycles. The molecule has 5 nitrogen and oxygen atoms in total. The highest BCUT2D eigenvalue weighted by atomic mass is 16.5. The maximum absolute atomic E-state index is 11.4. The van der Waals surface area contributed by atoms with Gasteiger partial charge in [0.05, 0.1) is 0 Å². The molecule has 1 aromatic rings. The number of carbonyl (C=O) groups is 1. The number of Topliss-reactive ketones (excluding diaryl/α,β-unsaturated/α-hetero) is 1. The number of benzene rings is 1. The maximum Gasteiger partial charge on any atom is 0.167 e. The van der Waals surface area contributed by atoms with Crippen LogP contribution in [0.1, 0.15) is 29.8 Å². The molecule has 1 heterocycles.